The normalized spacial score (nSPS) is 15.7. The van der Waals surface area contributed by atoms with E-state index in [2.05, 4.69) is 5.32 Å². The van der Waals surface area contributed by atoms with Gasteiger partial charge in [0, 0.05) is 12.6 Å². The number of rotatable bonds is 7. The Morgan fingerprint density at radius 2 is 2.07 bits per heavy atom. The maximum atomic E-state index is 11.7. The molecular weight excluding hydrogens is 196 g/mol. The van der Waals surface area contributed by atoms with Gasteiger partial charge in [-0.1, -0.05) is 0 Å². The van der Waals surface area contributed by atoms with Crippen LogP contribution in [0.25, 0.3) is 0 Å². The third-order valence-electron chi connectivity index (χ3n) is 2.63. The highest BCUT2D eigenvalue weighted by atomic mass is 16.3. The molecule has 0 atom stereocenters. The molecule has 1 saturated carbocycles. The molecule has 0 aromatic rings. The molecule has 5 heteroatoms. The third kappa shape index (κ3) is 3.77. The molecule has 5 nitrogen and oxygen atoms in total. The van der Waals surface area contributed by atoms with Crippen LogP contribution in [0.1, 0.15) is 19.8 Å². The molecule has 3 N–H and O–H groups in total. The van der Waals surface area contributed by atoms with Gasteiger partial charge in [-0.25, -0.2) is 0 Å². The molecule has 1 amide bonds. The zero-order valence-corrected chi connectivity index (χ0v) is 9.15. The Morgan fingerprint density at radius 1 is 1.47 bits per heavy atom. The predicted molar refractivity (Wildman–Crippen MR) is 56.4 cm³/mol. The smallest absolute Gasteiger partial charge is 0.236 e. The summed E-state index contributed by atoms with van der Waals surface area (Å²) in [4.78, 5) is 13.5. The van der Waals surface area contributed by atoms with Gasteiger partial charge in [0.2, 0.25) is 5.91 Å². The molecule has 0 spiro atoms. The van der Waals surface area contributed by atoms with E-state index >= 15 is 0 Å². The number of carbonyl (C=O) groups is 1. The van der Waals surface area contributed by atoms with Crippen LogP contribution in [0, 0.1) is 0 Å². The van der Waals surface area contributed by atoms with E-state index in [9.17, 15) is 4.79 Å². The molecule has 0 saturated heterocycles. The summed E-state index contributed by atoms with van der Waals surface area (Å²) in [7, 11) is 0. The quantitative estimate of drug-likeness (QED) is 0.507. The monoisotopic (exact) mass is 216 g/mol. The Morgan fingerprint density at radius 3 is 2.47 bits per heavy atom. The third-order valence-corrected chi connectivity index (χ3v) is 2.63. The molecule has 0 unspecified atom stereocenters. The van der Waals surface area contributed by atoms with Gasteiger partial charge in [0.25, 0.3) is 0 Å². The van der Waals surface area contributed by atoms with Gasteiger partial charge in [0.05, 0.1) is 25.8 Å². The summed E-state index contributed by atoms with van der Waals surface area (Å²) in [5, 5.41) is 20.4. The van der Waals surface area contributed by atoms with E-state index in [-0.39, 0.29) is 25.7 Å². The van der Waals surface area contributed by atoms with Crippen molar-refractivity contribution in [1.82, 2.24) is 10.2 Å². The van der Waals surface area contributed by atoms with Gasteiger partial charge in [-0.15, -0.1) is 0 Å². The van der Waals surface area contributed by atoms with Crippen molar-refractivity contribution in [3.8, 4) is 0 Å². The van der Waals surface area contributed by atoms with Crippen molar-refractivity contribution >= 4 is 5.91 Å². The van der Waals surface area contributed by atoms with Crippen LogP contribution >= 0.6 is 0 Å². The van der Waals surface area contributed by atoms with Gasteiger partial charge in [-0.3, -0.25) is 4.79 Å². The Balaban J connectivity index is 2.27. The number of aliphatic hydroxyl groups excluding tert-OH is 2. The molecule has 0 aliphatic heterocycles. The Bertz CT molecular complexity index is 203. The van der Waals surface area contributed by atoms with E-state index in [1.54, 1.807) is 0 Å². The van der Waals surface area contributed by atoms with Crippen molar-refractivity contribution < 1.29 is 15.0 Å². The summed E-state index contributed by atoms with van der Waals surface area (Å²) < 4.78 is 0. The highest BCUT2D eigenvalue weighted by molar-refractivity contribution is 5.78. The summed E-state index contributed by atoms with van der Waals surface area (Å²) in [5.74, 6) is 0.0481. The molecule has 15 heavy (non-hydrogen) atoms. The maximum Gasteiger partial charge on any atom is 0.236 e. The fraction of sp³-hybridized carbons (Fsp3) is 0.900. The molecule has 1 aliphatic rings. The lowest BCUT2D eigenvalue weighted by Gasteiger charge is -2.22. The molecular formula is C10H20N2O3. The van der Waals surface area contributed by atoms with Gasteiger partial charge < -0.3 is 20.4 Å². The molecule has 1 rings (SSSR count). The van der Waals surface area contributed by atoms with E-state index < -0.39 is 6.04 Å². The number of hydrogen-bond donors (Lipinski definition) is 3. The maximum absolute atomic E-state index is 11.7. The lowest BCUT2D eigenvalue weighted by molar-refractivity contribution is -0.130. The van der Waals surface area contributed by atoms with E-state index in [4.69, 9.17) is 10.2 Å². The second kappa shape index (κ2) is 6.05. The number of nitrogens with zero attached hydrogens (tertiary/aromatic N) is 1. The number of amides is 1. The molecule has 1 aliphatic carbocycles. The first-order valence-corrected chi connectivity index (χ1v) is 5.47. The summed E-state index contributed by atoms with van der Waals surface area (Å²) in [5.41, 5.74) is 0. The zero-order chi connectivity index (χ0) is 11.3. The Labute approximate surface area is 90.1 Å². The molecule has 0 aromatic carbocycles. The highest BCUT2D eigenvalue weighted by Crippen LogP contribution is 2.26. The summed E-state index contributed by atoms with van der Waals surface area (Å²) in [6, 6.07) is 0.0258. The van der Waals surface area contributed by atoms with Crippen molar-refractivity contribution in [3.05, 3.63) is 0 Å². The van der Waals surface area contributed by atoms with Crippen LogP contribution in [-0.2, 0) is 4.79 Å². The van der Waals surface area contributed by atoms with Gasteiger partial charge in [-0.2, -0.15) is 0 Å². The number of aliphatic hydroxyl groups is 2. The van der Waals surface area contributed by atoms with Crippen molar-refractivity contribution in [2.45, 2.75) is 31.8 Å². The number of likely N-dealkylation sites (N-methyl/N-ethyl adjacent to an activating group) is 1. The first-order chi connectivity index (χ1) is 7.22. The number of hydrogen-bond acceptors (Lipinski definition) is 4. The summed E-state index contributed by atoms with van der Waals surface area (Å²) in [6.45, 7) is 2.58. The molecule has 0 heterocycles. The van der Waals surface area contributed by atoms with Gasteiger partial charge >= 0.3 is 0 Å². The highest BCUT2D eigenvalue weighted by Gasteiger charge is 2.31. The topological polar surface area (TPSA) is 72.8 Å². The lowest BCUT2D eigenvalue weighted by Crippen LogP contribution is -2.45. The van der Waals surface area contributed by atoms with Gasteiger partial charge in [0.1, 0.15) is 0 Å². The SMILES string of the molecule is CCN(C(=O)CNC(CO)CO)C1CC1. The molecule has 0 radical (unpaired) electrons. The van der Waals surface area contributed by atoms with Crippen LogP contribution in [0.15, 0.2) is 0 Å². The molecule has 0 aromatic heterocycles. The summed E-state index contributed by atoms with van der Waals surface area (Å²) >= 11 is 0. The van der Waals surface area contributed by atoms with Crippen LogP contribution in [0.2, 0.25) is 0 Å². The second-order valence-electron chi connectivity index (χ2n) is 3.85. The fourth-order valence-corrected chi connectivity index (χ4v) is 1.54. The Kier molecular flexibility index (Phi) is 5.01. The average Bonchev–Trinajstić information content (AvgIpc) is 3.05. The summed E-state index contributed by atoms with van der Waals surface area (Å²) in [6.07, 6.45) is 2.20. The minimum absolute atomic E-state index is 0.0481. The van der Waals surface area contributed by atoms with E-state index in [1.165, 1.54) is 0 Å². The van der Waals surface area contributed by atoms with Crippen molar-refractivity contribution in [2.75, 3.05) is 26.3 Å². The minimum Gasteiger partial charge on any atom is -0.395 e. The Hall–Kier alpha value is -0.650. The van der Waals surface area contributed by atoms with Crippen molar-refractivity contribution in [3.63, 3.8) is 0 Å². The van der Waals surface area contributed by atoms with Crippen LogP contribution in [0.5, 0.6) is 0 Å². The van der Waals surface area contributed by atoms with Crippen molar-refractivity contribution in [2.24, 2.45) is 0 Å². The second-order valence-corrected chi connectivity index (χ2v) is 3.85. The standard InChI is InChI=1S/C10H20N2O3/c1-2-12(9-3-4-9)10(15)5-11-8(6-13)7-14/h8-9,11,13-14H,2-7H2,1H3. The van der Waals surface area contributed by atoms with Gasteiger partial charge in [0.15, 0.2) is 0 Å². The average molecular weight is 216 g/mol. The largest absolute Gasteiger partial charge is 0.395 e. The number of carbonyl (C=O) groups excluding carboxylic acids is 1. The van der Waals surface area contributed by atoms with Gasteiger partial charge in [-0.05, 0) is 19.8 Å². The van der Waals surface area contributed by atoms with Crippen molar-refractivity contribution in [1.29, 1.82) is 0 Å². The minimum atomic E-state index is -0.396. The molecule has 1 fully saturated rings. The van der Waals surface area contributed by atoms with E-state index in [0.717, 1.165) is 19.4 Å². The lowest BCUT2D eigenvalue weighted by atomic mass is 10.3. The van der Waals surface area contributed by atoms with Crippen LogP contribution in [-0.4, -0.2) is 59.4 Å². The van der Waals surface area contributed by atoms with Crippen LogP contribution < -0.4 is 5.32 Å². The van der Waals surface area contributed by atoms with Crippen LogP contribution in [0.4, 0.5) is 0 Å². The molecule has 0 bridgehead atoms. The first kappa shape index (κ1) is 12.4. The molecule has 88 valence electrons. The fourth-order valence-electron chi connectivity index (χ4n) is 1.54. The van der Waals surface area contributed by atoms with Crippen LogP contribution in [0.3, 0.4) is 0 Å². The zero-order valence-electron chi connectivity index (χ0n) is 9.15. The predicted octanol–water partition coefficient (Wildman–Crippen LogP) is -1.06. The number of nitrogens with one attached hydrogen (secondary N) is 1. The first-order valence-electron chi connectivity index (χ1n) is 5.47. The van der Waals surface area contributed by atoms with E-state index in [0.29, 0.717) is 6.04 Å². The van der Waals surface area contributed by atoms with E-state index in [1.807, 2.05) is 11.8 Å².